The Balaban J connectivity index is 3.40. The van der Waals surface area contributed by atoms with E-state index in [1.54, 1.807) is 0 Å². The Bertz CT molecular complexity index is 360. The Morgan fingerprint density at radius 2 is 2.00 bits per heavy atom. The zero-order valence-electron chi connectivity index (χ0n) is 6.32. The maximum Gasteiger partial charge on any atom is 0.349 e. The first kappa shape index (κ1) is 9.94. The van der Waals surface area contributed by atoms with Gasteiger partial charge in [-0.15, -0.1) is 6.42 Å². The van der Waals surface area contributed by atoms with E-state index < -0.39 is 22.3 Å². The molecule has 0 atom stereocenters. The monoisotopic (exact) mass is 204 g/mol. The molecule has 0 fully saturated rings. The van der Waals surface area contributed by atoms with Gasteiger partial charge in [0.1, 0.15) is 5.82 Å². The van der Waals surface area contributed by atoms with Gasteiger partial charge in [0.05, 0.1) is 11.1 Å². The van der Waals surface area contributed by atoms with Crippen molar-refractivity contribution < 1.29 is 13.2 Å². The molecule has 0 radical (unpaired) electrons. The molecule has 0 amide bonds. The first-order chi connectivity index (χ1) is 5.96. The van der Waals surface area contributed by atoms with Gasteiger partial charge in [-0.2, -0.15) is 8.78 Å². The maximum atomic E-state index is 12.8. The van der Waals surface area contributed by atoms with Crippen LogP contribution in [0, 0.1) is 18.2 Å². The lowest BCUT2D eigenvalue weighted by Crippen LogP contribution is -2.07. The summed E-state index contributed by atoms with van der Waals surface area (Å²) in [6, 6.07) is 3.12. The highest BCUT2D eigenvalue weighted by Crippen LogP contribution is 2.34. The van der Waals surface area contributed by atoms with E-state index in [0.717, 1.165) is 18.2 Å². The molecule has 0 heterocycles. The zero-order chi connectivity index (χ0) is 10.1. The molecule has 13 heavy (non-hydrogen) atoms. The molecule has 0 bridgehead atoms. The fourth-order valence-electron chi connectivity index (χ4n) is 0.907. The number of terminal acetylenes is 1. The Hall–Kier alpha value is -1.14. The molecule has 0 aliphatic heterocycles. The summed E-state index contributed by atoms with van der Waals surface area (Å²) < 4.78 is 38.0. The number of hydrogen-bond donors (Lipinski definition) is 0. The van der Waals surface area contributed by atoms with Crippen molar-refractivity contribution >= 4 is 11.6 Å². The predicted octanol–water partition coefficient (Wildman–Crippen LogP) is 3.10. The molecular formula is C9H4ClF3. The van der Waals surface area contributed by atoms with Crippen molar-refractivity contribution in [3.05, 3.63) is 35.1 Å². The van der Waals surface area contributed by atoms with Crippen LogP contribution in [0.1, 0.15) is 11.1 Å². The summed E-state index contributed by atoms with van der Waals surface area (Å²) >= 11 is 4.72. The minimum absolute atomic E-state index is 0.498. The molecule has 1 aromatic rings. The van der Waals surface area contributed by atoms with E-state index in [1.165, 1.54) is 0 Å². The van der Waals surface area contributed by atoms with Crippen LogP contribution in [0.2, 0.25) is 0 Å². The van der Waals surface area contributed by atoms with Crippen LogP contribution in [0.5, 0.6) is 0 Å². The van der Waals surface area contributed by atoms with Crippen LogP contribution in [0.15, 0.2) is 18.2 Å². The normalized spacial score (nSPS) is 11.0. The van der Waals surface area contributed by atoms with Gasteiger partial charge in [0.2, 0.25) is 0 Å². The van der Waals surface area contributed by atoms with Gasteiger partial charge in [-0.25, -0.2) is 4.39 Å². The first-order valence-corrected chi connectivity index (χ1v) is 3.67. The van der Waals surface area contributed by atoms with Crippen molar-refractivity contribution in [3.63, 3.8) is 0 Å². The van der Waals surface area contributed by atoms with Gasteiger partial charge < -0.3 is 0 Å². The molecule has 0 N–H and O–H groups in total. The van der Waals surface area contributed by atoms with E-state index in [1.807, 2.05) is 5.92 Å². The van der Waals surface area contributed by atoms with Gasteiger partial charge in [0.15, 0.2) is 0 Å². The molecule has 0 aromatic heterocycles. The highest BCUT2D eigenvalue weighted by molar-refractivity contribution is 6.22. The molecule has 0 saturated carbocycles. The summed E-state index contributed by atoms with van der Waals surface area (Å²) in [5, 5.41) is -3.64. The van der Waals surface area contributed by atoms with Gasteiger partial charge in [0.25, 0.3) is 0 Å². The average molecular weight is 205 g/mol. The quantitative estimate of drug-likeness (QED) is 0.487. The molecule has 0 saturated heterocycles. The van der Waals surface area contributed by atoms with E-state index in [0.29, 0.717) is 0 Å². The van der Waals surface area contributed by atoms with E-state index in [4.69, 9.17) is 18.0 Å². The summed E-state index contributed by atoms with van der Waals surface area (Å²) in [6.45, 7) is 0. The number of alkyl halides is 3. The van der Waals surface area contributed by atoms with Crippen molar-refractivity contribution in [3.8, 4) is 12.3 Å². The van der Waals surface area contributed by atoms with Gasteiger partial charge in [0, 0.05) is 0 Å². The number of benzene rings is 1. The standard InChI is InChI=1S/C9H4ClF3/c1-2-6-7(9(10,12)13)4-3-5-8(6)11/h1,3-5H. The van der Waals surface area contributed by atoms with Crippen LogP contribution >= 0.6 is 11.6 Å². The molecule has 0 aliphatic rings. The minimum atomic E-state index is -3.64. The average Bonchev–Trinajstić information content (AvgIpc) is 2.02. The van der Waals surface area contributed by atoms with Gasteiger partial charge in [-0.3, -0.25) is 0 Å². The van der Waals surface area contributed by atoms with Gasteiger partial charge in [-0.05, 0) is 17.7 Å². The Morgan fingerprint density at radius 1 is 1.38 bits per heavy atom. The first-order valence-electron chi connectivity index (χ1n) is 3.29. The van der Waals surface area contributed by atoms with Crippen LogP contribution in [-0.4, -0.2) is 0 Å². The summed E-state index contributed by atoms with van der Waals surface area (Å²) in [5.41, 5.74) is -1.18. The van der Waals surface area contributed by atoms with E-state index in [-0.39, 0.29) is 0 Å². The second kappa shape index (κ2) is 3.31. The molecule has 4 heteroatoms. The molecular weight excluding hydrogens is 201 g/mol. The molecule has 0 spiro atoms. The van der Waals surface area contributed by atoms with Crippen LogP contribution in [0.25, 0.3) is 0 Å². The van der Waals surface area contributed by atoms with Crippen molar-refractivity contribution in [1.82, 2.24) is 0 Å². The summed E-state index contributed by atoms with van der Waals surface area (Å²) in [6.07, 6.45) is 4.87. The molecule has 0 unspecified atom stereocenters. The van der Waals surface area contributed by atoms with Crippen LogP contribution < -0.4 is 0 Å². The van der Waals surface area contributed by atoms with E-state index >= 15 is 0 Å². The van der Waals surface area contributed by atoms with Crippen molar-refractivity contribution in [2.75, 3.05) is 0 Å². The minimum Gasteiger partial charge on any atom is -0.206 e. The Kier molecular flexibility index (Phi) is 2.53. The lowest BCUT2D eigenvalue weighted by molar-refractivity contribution is 0.0944. The third-order valence-corrected chi connectivity index (χ3v) is 1.67. The van der Waals surface area contributed by atoms with Crippen molar-refractivity contribution in [2.45, 2.75) is 5.38 Å². The second-order valence-corrected chi connectivity index (χ2v) is 2.78. The lowest BCUT2D eigenvalue weighted by Gasteiger charge is -2.10. The van der Waals surface area contributed by atoms with Crippen LogP contribution in [0.4, 0.5) is 13.2 Å². The fraction of sp³-hybridized carbons (Fsp3) is 0.111. The number of hydrogen-bond acceptors (Lipinski definition) is 0. The summed E-state index contributed by atoms with van der Waals surface area (Å²) in [7, 11) is 0. The topological polar surface area (TPSA) is 0 Å². The number of rotatable bonds is 1. The SMILES string of the molecule is C#Cc1c(F)cccc1C(F)(F)Cl. The Labute approximate surface area is 78.3 Å². The smallest absolute Gasteiger partial charge is 0.206 e. The molecule has 68 valence electrons. The van der Waals surface area contributed by atoms with Gasteiger partial charge >= 0.3 is 5.38 Å². The fourth-order valence-corrected chi connectivity index (χ4v) is 1.06. The largest absolute Gasteiger partial charge is 0.349 e. The van der Waals surface area contributed by atoms with Crippen molar-refractivity contribution in [1.29, 1.82) is 0 Å². The van der Waals surface area contributed by atoms with Gasteiger partial charge in [-0.1, -0.05) is 18.1 Å². The Morgan fingerprint density at radius 3 is 2.38 bits per heavy atom. The summed E-state index contributed by atoms with van der Waals surface area (Å²) in [4.78, 5) is 0. The highest BCUT2D eigenvalue weighted by atomic mass is 35.5. The van der Waals surface area contributed by atoms with E-state index in [2.05, 4.69) is 0 Å². The predicted molar refractivity (Wildman–Crippen MR) is 44.1 cm³/mol. The number of halogens is 4. The highest BCUT2D eigenvalue weighted by Gasteiger charge is 2.31. The summed E-state index contributed by atoms with van der Waals surface area (Å²) in [5.74, 6) is 0.956. The molecule has 1 aromatic carbocycles. The van der Waals surface area contributed by atoms with Crippen LogP contribution in [0.3, 0.4) is 0 Å². The van der Waals surface area contributed by atoms with E-state index in [9.17, 15) is 13.2 Å². The molecule has 0 nitrogen and oxygen atoms in total. The molecule has 0 aliphatic carbocycles. The second-order valence-electron chi connectivity index (χ2n) is 2.30. The maximum absolute atomic E-state index is 12.8. The third kappa shape index (κ3) is 1.96. The third-order valence-electron chi connectivity index (χ3n) is 1.46. The lowest BCUT2D eigenvalue weighted by atomic mass is 10.1. The zero-order valence-corrected chi connectivity index (χ0v) is 7.08. The molecule has 1 rings (SSSR count). The van der Waals surface area contributed by atoms with Crippen molar-refractivity contribution in [2.24, 2.45) is 0 Å². The van der Waals surface area contributed by atoms with Crippen LogP contribution in [-0.2, 0) is 5.38 Å².